The number of hydrogen-bond acceptors (Lipinski definition) is 4. The van der Waals surface area contributed by atoms with Gasteiger partial charge in [-0.1, -0.05) is 18.2 Å². The first kappa shape index (κ1) is 12.9. The lowest BCUT2D eigenvalue weighted by Gasteiger charge is -2.11. The molecule has 3 rings (SSSR count). The van der Waals surface area contributed by atoms with Gasteiger partial charge in [-0.2, -0.15) is 5.26 Å². The van der Waals surface area contributed by atoms with Gasteiger partial charge < -0.3 is 10.1 Å². The summed E-state index contributed by atoms with van der Waals surface area (Å²) < 4.78 is 5.37. The smallest absolute Gasteiger partial charge is 0.144 e. The maximum Gasteiger partial charge on any atom is 0.144 e. The average molecular weight is 267 g/mol. The summed E-state index contributed by atoms with van der Waals surface area (Å²) in [5, 5.41) is 13.5. The molecule has 0 radical (unpaired) electrons. The molecule has 102 valence electrons. The van der Waals surface area contributed by atoms with Gasteiger partial charge in [-0.15, -0.1) is 0 Å². The predicted molar refractivity (Wildman–Crippen MR) is 78.5 cm³/mol. The second kappa shape index (κ2) is 5.89. The normalized spacial score (nSPS) is 18.1. The first-order valence-corrected chi connectivity index (χ1v) is 6.98. The summed E-state index contributed by atoms with van der Waals surface area (Å²) >= 11 is 0. The Bertz CT molecular complexity index is 642. The summed E-state index contributed by atoms with van der Waals surface area (Å²) in [5.74, 6) is 1.32. The van der Waals surface area contributed by atoms with Gasteiger partial charge in [0, 0.05) is 25.1 Å². The number of fused-ring (bicyclic) bond motifs is 1. The number of benzene rings is 1. The van der Waals surface area contributed by atoms with E-state index in [0.29, 0.717) is 17.3 Å². The minimum atomic E-state index is 0.603. The van der Waals surface area contributed by atoms with Crippen molar-refractivity contribution in [3.8, 4) is 6.07 Å². The van der Waals surface area contributed by atoms with Gasteiger partial charge in [-0.3, -0.25) is 0 Å². The summed E-state index contributed by atoms with van der Waals surface area (Å²) in [7, 11) is 0. The van der Waals surface area contributed by atoms with Crippen LogP contribution in [0.4, 0.5) is 5.82 Å². The van der Waals surface area contributed by atoms with Gasteiger partial charge in [0.2, 0.25) is 0 Å². The highest BCUT2D eigenvalue weighted by atomic mass is 16.5. The van der Waals surface area contributed by atoms with Crippen LogP contribution in [-0.4, -0.2) is 24.7 Å². The summed E-state index contributed by atoms with van der Waals surface area (Å²) in [5.41, 5.74) is 1.52. The zero-order valence-electron chi connectivity index (χ0n) is 11.3. The number of ether oxygens (including phenoxy) is 1. The van der Waals surface area contributed by atoms with E-state index in [2.05, 4.69) is 16.4 Å². The molecule has 0 amide bonds. The lowest BCUT2D eigenvalue weighted by Crippen LogP contribution is -2.11. The van der Waals surface area contributed by atoms with E-state index in [-0.39, 0.29) is 0 Å². The topological polar surface area (TPSA) is 57.9 Å². The highest BCUT2D eigenvalue weighted by molar-refractivity contribution is 5.82. The molecule has 1 aliphatic rings. The van der Waals surface area contributed by atoms with E-state index >= 15 is 0 Å². The minimum absolute atomic E-state index is 0.603. The second-order valence-electron chi connectivity index (χ2n) is 5.13. The Morgan fingerprint density at radius 3 is 3.10 bits per heavy atom. The third kappa shape index (κ3) is 2.73. The van der Waals surface area contributed by atoms with Crippen molar-refractivity contribution >= 4 is 16.7 Å². The monoisotopic (exact) mass is 267 g/mol. The third-order valence-electron chi connectivity index (χ3n) is 3.71. The summed E-state index contributed by atoms with van der Waals surface area (Å²) in [6, 6.07) is 12.0. The second-order valence-corrected chi connectivity index (χ2v) is 5.13. The van der Waals surface area contributed by atoms with E-state index in [9.17, 15) is 5.26 Å². The summed E-state index contributed by atoms with van der Waals surface area (Å²) in [6.45, 7) is 2.56. The van der Waals surface area contributed by atoms with Crippen molar-refractivity contribution in [1.82, 2.24) is 4.98 Å². The molecule has 1 atom stereocenters. The number of aromatic nitrogens is 1. The number of para-hydroxylation sites is 1. The molecule has 1 aliphatic heterocycles. The van der Waals surface area contributed by atoms with E-state index in [1.54, 1.807) is 0 Å². The maximum absolute atomic E-state index is 9.24. The number of rotatable bonds is 4. The summed E-state index contributed by atoms with van der Waals surface area (Å²) in [4.78, 5) is 4.55. The summed E-state index contributed by atoms with van der Waals surface area (Å²) in [6.07, 6.45) is 2.19. The highest BCUT2D eigenvalue weighted by Gasteiger charge is 2.15. The Hall–Kier alpha value is -2.12. The number of pyridine rings is 1. The zero-order chi connectivity index (χ0) is 13.8. The Morgan fingerprint density at radius 1 is 1.40 bits per heavy atom. The first-order chi connectivity index (χ1) is 9.86. The SMILES string of the molecule is N#Cc1cc2ccccc2nc1NCCC1CCOC1. The molecule has 1 unspecified atom stereocenters. The van der Waals surface area contributed by atoms with Gasteiger partial charge in [-0.05, 0) is 30.9 Å². The van der Waals surface area contributed by atoms with Gasteiger partial charge in [0.15, 0.2) is 0 Å². The standard InChI is InChI=1S/C16H17N3O/c17-10-14-9-13-3-1-2-4-15(13)19-16(14)18-7-5-12-6-8-20-11-12/h1-4,9,12H,5-8,11H2,(H,18,19). The molecule has 1 fully saturated rings. The van der Waals surface area contributed by atoms with E-state index in [0.717, 1.165) is 43.5 Å². The molecule has 1 aromatic heterocycles. The van der Waals surface area contributed by atoms with E-state index in [1.807, 2.05) is 30.3 Å². The van der Waals surface area contributed by atoms with E-state index < -0.39 is 0 Å². The Kier molecular flexibility index (Phi) is 3.80. The molecule has 20 heavy (non-hydrogen) atoms. The number of nitriles is 1. The molecular weight excluding hydrogens is 250 g/mol. The van der Waals surface area contributed by atoms with Crippen LogP contribution in [0.15, 0.2) is 30.3 Å². The Balaban J connectivity index is 1.74. The molecule has 0 saturated carbocycles. The van der Waals surface area contributed by atoms with Crippen LogP contribution in [-0.2, 0) is 4.74 Å². The highest BCUT2D eigenvalue weighted by Crippen LogP contribution is 2.21. The zero-order valence-corrected chi connectivity index (χ0v) is 11.3. The molecule has 2 heterocycles. The van der Waals surface area contributed by atoms with Gasteiger partial charge in [-0.25, -0.2) is 4.98 Å². The van der Waals surface area contributed by atoms with Gasteiger partial charge in [0.05, 0.1) is 11.1 Å². The number of nitrogens with one attached hydrogen (secondary N) is 1. The fourth-order valence-electron chi connectivity index (χ4n) is 2.54. The fourth-order valence-corrected chi connectivity index (χ4v) is 2.54. The van der Waals surface area contributed by atoms with Crippen molar-refractivity contribution in [3.05, 3.63) is 35.9 Å². The molecule has 0 spiro atoms. The van der Waals surface area contributed by atoms with Crippen molar-refractivity contribution in [2.75, 3.05) is 25.1 Å². The van der Waals surface area contributed by atoms with Crippen LogP contribution in [0.2, 0.25) is 0 Å². The lowest BCUT2D eigenvalue weighted by atomic mass is 10.1. The lowest BCUT2D eigenvalue weighted by molar-refractivity contribution is 0.185. The number of hydrogen-bond donors (Lipinski definition) is 1. The van der Waals surface area contributed by atoms with Crippen LogP contribution < -0.4 is 5.32 Å². The van der Waals surface area contributed by atoms with Crippen LogP contribution in [0.5, 0.6) is 0 Å². The predicted octanol–water partition coefficient (Wildman–Crippen LogP) is 2.94. The Morgan fingerprint density at radius 2 is 2.30 bits per heavy atom. The van der Waals surface area contributed by atoms with Crippen LogP contribution in [0.25, 0.3) is 10.9 Å². The molecule has 1 aromatic carbocycles. The fraction of sp³-hybridized carbons (Fsp3) is 0.375. The van der Waals surface area contributed by atoms with Gasteiger partial charge in [0.1, 0.15) is 11.9 Å². The van der Waals surface area contributed by atoms with Crippen LogP contribution >= 0.6 is 0 Å². The first-order valence-electron chi connectivity index (χ1n) is 6.98. The third-order valence-corrected chi connectivity index (χ3v) is 3.71. The van der Waals surface area contributed by atoms with Crippen LogP contribution in [0.1, 0.15) is 18.4 Å². The van der Waals surface area contributed by atoms with Gasteiger partial charge in [0.25, 0.3) is 0 Å². The van der Waals surface area contributed by atoms with Crippen molar-refractivity contribution in [3.63, 3.8) is 0 Å². The molecule has 4 heteroatoms. The quantitative estimate of drug-likeness (QED) is 0.925. The Labute approximate surface area is 118 Å². The van der Waals surface area contributed by atoms with E-state index in [4.69, 9.17) is 4.74 Å². The largest absolute Gasteiger partial charge is 0.381 e. The van der Waals surface area contributed by atoms with Crippen molar-refractivity contribution < 1.29 is 4.74 Å². The number of nitrogens with zero attached hydrogens (tertiary/aromatic N) is 2. The van der Waals surface area contributed by atoms with Crippen molar-refractivity contribution in [1.29, 1.82) is 5.26 Å². The maximum atomic E-state index is 9.24. The molecule has 4 nitrogen and oxygen atoms in total. The van der Waals surface area contributed by atoms with Crippen LogP contribution in [0, 0.1) is 17.2 Å². The molecule has 0 aliphatic carbocycles. The van der Waals surface area contributed by atoms with Crippen LogP contribution in [0.3, 0.4) is 0 Å². The van der Waals surface area contributed by atoms with Gasteiger partial charge >= 0.3 is 0 Å². The van der Waals surface area contributed by atoms with Crippen molar-refractivity contribution in [2.45, 2.75) is 12.8 Å². The molecular formula is C16H17N3O. The number of anilines is 1. The van der Waals surface area contributed by atoms with Crippen molar-refractivity contribution in [2.24, 2.45) is 5.92 Å². The average Bonchev–Trinajstić information content (AvgIpc) is 3.00. The molecule has 0 bridgehead atoms. The van der Waals surface area contributed by atoms with E-state index in [1.165, 1.54) is 0 Å². The molecule has 1 saturated heterocycles. The minimum Gasteiger partial charge on any atom is -0.381 e. The molecule has 1 N–H and O–H groups in total. The molecule has 2 aromatic rings.